The molecule has 3 aliphatic heterocycles. The van der Waals surface area contributed by atoms with Crippen LogP contribution in [0.5, 0.6) is 0 Å². The lowest BCUT2D eigenvalue weighted by Crippen LogP contribution is -2.70. The first-order valence-electron chi connectivity index (χ1n) is 13.0. The minimum atomic E-state index is -1.54. The maximum absolute atomic E-state index is 11.3. The highest BCUT2D eigenvalue weighted by atomic mass is 16.8. The van der Waals surface area contributed by atoms with Crippen LogP contribution in [0.3, 0.4) is 0 Å². The molecule has 4 rings (SSSR count). The molecule has 17 atom stereocenters. The van der Waals surface area contributed by atoms with E-state index in [1.807, 2.05) is 0 Å². The van der Waals surface area contributed by atoms with Crippen molar-refractivity contribution >= 4 is 0 Å². The molecule has 0 spiro atoms. The smallest absolute Gasteiger partial charge is 0.189 e. The summed E-state index contributed by atoms with van der Waals surface area (Å²) in [7, 11) is 0. The van der Waals surface area contributed by atoms with Gasteiger partial charge in [-0.15, -0.1) is 0 Å². The van der Waals surface area contributed by atoms with Crippen molar-refractivity contribution in [1.29, 1.82) is 0 Å². The second-order valence-electron chi connectivity index (χ2n) is 10.6. The molecule has 16 heteroatoms. The van der Waals surface area contributed by atoms with Crippen LogP contribution in [0.4, 0.5) is 0 Å². The summed E-state index contributed by atoms with van der Waals surface area (Å²) in [5.41, 5.74) is 24.0. The fraction of sp³-hybridized carbons (Fsp3) is 1.00. The zero-order valence-corrected chi connectivity index (χ0v) is 21.2. The SMILES string of the molecule is CCN[C@@H]1[C@@H](O[C@H]2O[C@H](CO)[C@@H](N)[C@H](O)[C@H]2O)OC2C[C@@H](N)[C@@H](O[C@H]3[C@H](O)[C@@H](O)[C@H](N)C[C@@H]3N)O[C@@H]2[C@@H]1O. The van der Waals surface area contributed by atoms with Crippen molar-refractivity contribution < 1.29 is 54.3 Å². The standard InChI is InChI=1S/C22H43N5O11/c1-2-27-12-15(31)19-9(34-21(12)38-22-17(33)14(30)11(26)10(5-28)35-22)4-8(25)20(37-19)36-18-7(24)3-6(23)13(29)16(18)32/h6-22,27-33H,2-5,23-26H2,1H3/t6-,7+,8-,9?,10-,11-,12+,13+,14+,15-,16-,17-,18-,19+,20+,21-,22-/m1/s1. The molecular formula is C22H43N5O11. The highest BCUT2D eigenvalue weighted by Crippen LogP contribution is 2.35. The molecule has 1 unspecified atom stereocenters. The summed E-state index contributed by atoms with van der Waals surface area (Å²) in [5.74, 6) is 0. The van der Waals surface area contributed by atoms with Gasteiger partial charge in [0.25, 0.3) is 0 Å². The van der Waals surface area contributed by atoms with E-state index in [4.69, 9.17) is 46.6 Å². The highest BCUT2D eigenvalue weighted by Gasteiger charge is 2.54. The quantitative estimate of drug-likeness (QED) is 0.140. The second kappa shape index (κ2) is 12.5. The zero-order chi connectivity index (χ0) is 27.9. The zero-order valence-electron chi connectivity index (χ0n) is 21.2. The molecule has 4 aliphatic rings. The number of nitrogens with two attached hydrogens (primary N) is 4. The Morgan fingerprint density at radius 3 is 2.11 bits per heavy atom. The molecule has 222 valence electrons. The molecule has 1 saturated carbocycles. The number of fused-ring (bicyclic) bond motifs is 1. The number of rotatable bonds is 7. The second-order valence-corrected chi connectivity index (χ2v) is 10.6. The third-order valence-corrected chi connectivity index (χ3v) is 7.85. The normalized spacial score (nSPS) is 53.9. The van der Waals surface area contributed by atoms with Gasteiger partial charge in [0.05, 0.1) is 36.9 Å². The predicted molar refractivity (Wildman–Crippen MR) is 128 cm³/mol. The van der Waals surface area contributed by atoms with Crippen LogP contribution in [0.1, 0.15) is 19.8 Å². The van der Waals surface area contributed by atoms with Gasteiger partial charge in [0.2, 0.25) is 0 Å². The Morgan fingerprint density at radius 1 is 0.737 bits per heavy atom. The number of likely N-dealkylation sites (N-methyl/N-ethyl adjacent to an activating group) is 1. The third-order valence-electron chi connectivity index (χ3n) is 7.85. The first kappa shape index (κ1) is 30.3. The molecule has 3 heterocycles. The topological polar surface area (TPSA) is 284 Å². The number of aliphatic hydroxyl groups excluding tert-OH is 6. The van der Waals surface area contributed by atoms with Crippen LogP contribution in [-0.4, -0.2) is 148 Å². The van der Waals surface area contributed by atoms with E-state index in [-0.39, 0.29) is 12.8 Å². The molecule has 38 heavy (non-hydrogen) atoms. The molecular weight excluding hydrogens is 510 g/mol. The van der Waals surface area contributed by atoms with Crippen molar-refractivity contribution in [3.05, 3.63) is 0 Å². The summed E-state index contributed by atoms with van der Waals surface area (Å²) >= 11 is 0. The number of ether oxygens (including phenoxy) is 5. The van der Waals surface area contributed by atoms with E-state index in [9.17, 15) is 30.6 Å². The maximum Gasteiger partial charge on any atom is 0.189 e. The number of hydrogen-bond acceptors (Lipinski definition) is 16. The van der Waals surface area contributed by atoms with Gasteiger partial charge >= 0.3 is 0 Å². The van der Waals surface area contributed by atoms with Crippen molar-refractivity contribution in [3.63, 3.8) is 0 Å². The van der Waals surface area contributed by atoms with Crippen LogP contribution >= 0.6 is 0 Å². The van der Waals surface area contributed by atoms with Crippen molar-refractivity contribution in [2.45, 2.75) is 124 Å². The molecule has 0 radical (unpaired) electrons. The van der Waals surface area contributed by atoms with Crippen LogP contribution in [0.15, 0.2) is 0 Å². The van der Waals surface area contributed by atoms with E-state index >= 15 is 0 Å². The average molecular weight is 554 g/mol. The summed E-state index contributed by atoms with van der Waals surface area (Å²) in [6.07, 6.45) is -13.7. The van der Waals surface area contributed by atoms with Crippen LogP contribution in [0.2, 0.25) is 0 Å². The van der Waals surface area contributed by atoms with Crippen molar-refractivity contribution in [2.75, 3.05) is 13.2 Å². The Kier molecular flexibility index (Phi) is 9.96. The van der Waals surface area contributed by atoms with E-state index in [1.54, 1.807) is 6.92 Å². The minimum Gasteiger partial charge on any atom is -0.394 e. The Hall–Kier alpha value is -0.640. The molecule has 3 saturated heterocycles. The molecule has 0 aromatic heterocycles. The molecule has 0 aromatic rings. The van der Waals surface area contributed by atoms with Crippen LogP contribution in [0, 0.1) is 0 Å². The van der Waals surface area contributed by atoms with E-state index < -0.39 is 111 Å². The third kappa shape index (κ3) is 5.87. The Balaban J connectivity index is 1.45. The van der Waals surface area contributed by atoms with E-state index in [1.165, 1.54) is 0 Å². The molecule has 4 fully saturated rings. The van der Waals surface area contributed by atoms with Gasteiger partial charge < -0.3 is 82.6 Å². The lowest BCUT2D eigenvalue weighted by molar-refractivity contribution is -0.373. The largest absolute Gasteiger partial charge is 0.394 e. The van der Waals surface area contributed by atoms with Gasteiger partial charge in [0.1, 0.15) is 42.7 Å². The van der Waals surface area contributed by atoms with Gasteiger partial charge in [0, 0.05) is 12.1 Å². The van der Waals surface area contributed by atoms with Crippen molar-refractivity contribution in [1.82, 2.24) is 5.32 Å². The molecule has 0 aromatic carbocycles. The molecule has 0 bridgehead atoms. The van der Waals surface area contributed by atoms with Gasteiger partial charge in [-0.05, 0) is 19.4 Å². The number of nitrogens with one attached hydrogen (secondary N) is 1. The monoisotopic (exact) mass is 553 g/mol. The fourth-order valence-electron chi connectivity index (χ4n) is 5.60. The van der Waals surface area contributed by atoms with Crippen LogP contribution < -0.4 is 28.3 Å². The Labute approximate surface area is 220 Å². The summed E-state index contributed by atoms with van der Waals surface area (Å²) < 4.78 is 29.4. The van der Waals surface area contributed by atoms with E-state index in [0.29, 0.717) is 6.54 Å². The summed E-state index contributed by atoms with van der Waals surface area (Å²) in [5, 5.41) is 65.2. The predicted octanol–water partition coefficient (Wildman–Crippen LogP) is -6.56. The lowest BCUT2D eigenvalue weighted by atomic mass is 9.84. The summed E-state index contributed by atoms with van der Waals surface area (Å²) in [6.45, 7) is 1.70. The van der Waals surface area contributed by atoms with Gasteiger partial charge in [-0.25, -0.2) is 0 Å². The molecule has 1 aliphatic carbocycles. The van der Waals surface area contributed by atoms with Crippen LogP contribution in [0.25, 0.3) is 0 Å². The first-order valence-corrected chi connectivity index (χ1v) is 13.0. The number of hydrogen-bond donors (Lipinski definition) is 11. The Morgan fingerprint density at radius 2 is 1.45 bits per heavy atom. The van der Waals surface area contributed by atoms with Gasteiger partial charge in [-0.1, -0.05) is 6.92 Å². The molecule has 15 N–H and O–H groups in total. The van der Waals surface area contributed by atoms with Gasteiger partial charge in [0.15, 0.2) is 18.9 Å². The maximum atomic E-state index is 11.3. The lowest BCUT2D eigenvalue weighted by Gasteiger charge is -2.51. The summed E-state index contributed by atoms with van der Waals surface area (Å²) in [4.78, 5) is 0. The van der Waals surface area contributed by atoms with Gasteiger partial charge in [-0.3, -0.25) is 0 Å². The fourth-order valence-corrected chi connectivity index (χ4v) is 5.60. The average Bonchev–Trinajstić information content (AvgIpc) is 2.88. The highest BCUT2D eigenvalue weighted by molar-refractivity contribution is 5.02. The van der Waals surface area contributed by atoms with Crippen molar-refractivity contribution in [2.24, 2.45) is 22.9 Å². The summed E-state index contributed by atoms with van der Waals surface area (Å²) in [6, 6.07) is -4.04. The first-order chi connectivity index (χ1) is 18.0. The Bertz CT molecular complexity index is 773. The number of aliphatic hydroxyl groups is 6. The molecule has 0 amide bonds. The van der Waals surface area contributed by atoms with Crippen molar-refractivity contribution in [3.8, 4) is 0 Å². The van der Waals surface area contributed by atoms with E-state index in [0.717, 1.165) is 0 Å². The minimum absolute atomic E-state index is 0.159. The van der Waals surface area contributed by atoms with Crippen LogP contribution in [-0.2, 0) is 23.7 Å². The van der Waals surface area contributed by atoms with Gasteiger partial charge in [-0.2, -0.15) is 0 Å². The van der Waals surface area contributed by atoms with E-state index in [2.05, 4.69) is 5.32 Å². The molecule has 16 nitrogen and oxygen atoms in total.